The van der Waals surface area contributed by atoms with Crippen LogP contribution in [-0.2, 0) is 27.2 Å². The molecule has 0 bridgehead atoms. The van der Waals surface area contributed by atoms with Crippen LogP contribution in [0.2, 0.25) is 0 Å². The third-order valence-electron chi connectivity index (χ3n) is 6.14. The van der Waals surface area contributed by atoms with Gasteiger partial charge in [0.1, 0.15) is 5.00 Å². The summed E-state index contributed by atoms with van der Waals surface area (Å²) < 4.78 is 5.82. The van der Waals surface area contributed by atoms with Gasteiger partial charge in [0.05, 0.1) is 17.9 Å². The second kappa shape index (κ2) is 12.1. The number of ether oxygens (including phenoxy) is 1. The lowest BCUT2D eigenvalue weighted by Gasteiger charge is -2.20. The largest absolute Gasteiger partial charge is 0.462 e. The van der Waals surface area contributed by atoms with E-state index in [1.807, 2.05) is 0 Å². The minimum Gasteiger partial charge on any atom is -0.462 e. The summed E-state index contributed by atoms with van der Waals surface area (Å²) in [6, 6.07) is 0. The number of aromatic nitrogens is 2. The van der Waals surface area contributed by atoms with E-state index in [1.165, 1.54) is 66.5 Å². The Bertz CT molecular complexity index is 1030. The van der Waals surface area contributed by atoms with Crippen molar-refractivity contribution < 1.29 is 19.1 Å². The summed E-state index contributed by atoms with van der Waals surface area (Å²) in [5.41, 5.74) is 1.52. The molecule has 4 rings (SSSR count). The normalized spacial score (nSPS) is 15.7. The number of carbonyl (C=O) groups excluding carboxylic acids is 3. The van der Waals surface area contributed by atoms with Crippen molar-refractivity contribution in [3.05, 3.63) is 16.0 Å². The lowest BCUT2D eigenvalue weighted by Crippen LogP contribution is -2.16. The number of hydrogen-bond acceptors (Lipinski definition) is 9. The summed E-state index contributed by atoms with van der Waals surface area (Å²) in [6.45, 7) is 2.07. The Balaban J connectivity index is 1.25. The van der Waals surface area contributed by atoms with Crippen LogP contribution in [0.3, 0.4) is 0 Å². The standard InChI is InChI=1S/C23H30N4O4S3/c1-2-31-21(30)19-15-9-6-10-16(15)33-20(19)24-18(29)13-32-23-27-26-22(34-23)25-17(28)12-11-14-7-4-3-5-8-14/h14H,2-13H2,1H3,(H,24,29)(H,25,26,28). The molecule has 0 radical (unpaired) electrons. The maximum atomic E-state index is 12.6. The summed E-state index contributed by atoms with van der Waals surface area (Å²) in [7, 11) is 0. The first-order chi connectivity index (χ1) is 16.5. The number of rotatable bonds is 10. The molecule has 0 spiro atoms. The maximum absolute atomic E-state index is 12.6. The second-order valence-electron chi connectivity index (χ2n) is 8.58. The maximum Gasteiger partial charge on any atom is 0.341 e. The Kier molecular flexibility index (Phi) is 8.96. The van der Waals surface area contributed by atoms with Crippen molar-refractivity contribution in [3.63, 3.8) is 0 Å². The van der Waals surface area contributed by atoms with E-state index in [2.05, 4.69) is 20.8 Å². The number of amides is 2. The van der Waals surface area contributed by atoms with Crippen molar-refractivity contribution >= 4 is 62.4 Å². The van der Waals surface area contributed by atoms with Gasteiger partial charge < -0.3 is 15.4 Å². The number of carbonyl (C=O) groups is 3. The van der Waals surface area contributed by atoms with E-state index in [0.29, 0.717) is 39.0 Å². The number of thioether (sulfide) groups is 1. The van der Waals surface area contributed by atoms with E-state index in [4.69, 9.17) is 4.74 Å². The van der Waals surface area contributed by atoms with Crippen LogP contribution in [0.25, 0.3) is 0 Å². The highest BCUT2D eigenvalue weighted by Gasteiger charge is 2.28. The Morgan fingerprint density at radius 1 is 1.03 bits per heavy atom. The van der Waals surface area contributed by atoms with E-state index >= 15 is 0 Å². The Labute approximate surface area is 211 Å². The molecule has 0 unspecified atom stereocenters. The van der Waals surface area contributed by atoms with Crippen LogP contribution < -0.4 is 10.6 Å². The van der Waals surface area contributed by atoms with E-state index in [1.54, 1.807) is 6.92 Å². The van der Waals surface area contributed by atoms with Crippen molar-refractivity contribution in [1.82, 2.24) is 10.2 Å². The fourth-order valence-electron chi connectivity index (χ4n) is 4.51. The zero-order valence-electron chi connectivity index (χ0n) is 19.3. The highest BCUT2D eigenvalue weighted by Crippen LogP contribution is 2.39. The molecule has 0 saturated heterocycles. The molecule has 2 aliphatic rings. The summed E-state index contributed by atoms with van der Waals surface area (Å²) in [6.07, 6.45) is 10.5. The van der Waals surface area contributed by atoms with Crippen LogP contribution in [0.4, 0.5) is 10.1 Å². The lowest BCUT2D eigenvalue weighted by atomic mass is 9.86. The molecule has 0 aliphatic heterocycles. The molecule has 2 aromatic heterocycles. The fourth-order valence-corrected chi connectivity index (χ4v) is 7.37. The van der Waals surface area contributed by atoms with Gasteiger partial charge in [0.2, 0.25) is 16.9 Å². The van der Waals surface area contributed by atoms with Gasteiger partial charge in [-0.25, -0.2) is 4.79 Å². The number of aryl methyl sites for hydroxylation is 1. The van der Waals surface area contributed by atoms with Gasteiger partial charge >= 0.3 is 5.97 Å². The predicted molar refractivity (Wildman–Crippen MR) is 136 cm³/mol. The third-order valence-corrected chi connectivity index (χ3v) is 9.32. The number of nitrogens with zero attached hydrogens (tertiary/aromatic N) is 2. The smallest absolute Gasteiger partial charge is 0.341 e. The van der Waals surface area contributed by atoms with Crippen LogP contribution in [0.1, 0.15) is 79.1 Å². The van der Waals surface area contributed by atoms with Gasteiger partial charge in [0.25, 0.3) is 0 Å². The summed E-state index contributed by atoms with van der Waals surface area (Å²) in [5, 5.41) is 14.8. The number of nitrogens with one attached hydrogen (secondary N) is 2. The molecule has 2 aliphatic carbocycles. The number of thiophene rings is 1. The molecule has 2 N–H and O–H groups in total. The first-order valence-electron chi connectivity index (χ1n) is 11.9. The first kappa shape index (κ1) is 25.1. The highest BCUT2D eigenvalue weighted by molar-refractivity contribution is 8.01. The Morgan fingerprint density at radius 3 is 2.65 bits per heavy atom. The van der Waals surface area contributed by atoms with Gasteiger partial charge in [-0.05, 0) is 44.1 Å². The van der Waals surface area contributed by atoms with E-state index in [-0.39, 0.29) is 23.5 Å². The van der Waals surface area contributed by atoms with Crippen molar-refractivity contribution in [2.45, 2.75) is 75.5 Å². The van der Waals surface area contributed by atoms with Crippen molar-refractivity contribution in [2.75, 3.05) is 23.0 Å². The molecule has 34 heavy (non-hydrogen) atoms. The van der Waals surface area contributed by atoms with Crippen LogP contribution in [0.15, 0.2) is 4.34 Å². The highest BCUT2D eigenvalue weighted by atomic mass is 32.2. The quantitative estimate of drug-likeness (QED) is 0.248. The molecule has 0 atom stereocenters. The molecule has 8 nitrogen and oxygen atoms in total. The second-order valence-corrected chi connectivity index (χ2v) is 11.9. The SMILES string of the molecule is CCOC(=O)c1c(NC(=O)CSc2nnc(NC(=O)CCC3CCCCC3)s2)sc2c1CCC2. The summed E-state index contributed by atoms with van der Waals surface area (Å²) >= 11 is 3.98. The van der Waals surface area contributed by atoms with Gasteiger partial charge in [-0.1, -0.05) is 55.2 Å². The molecule has 184 valence electrons. The molecule has 1 saturated carbocycles. The number of anilines is 2. The minimum absolute atomic E-state index is 0.0340. The van der Waals surface area contributed by atoms with Crippen LogP contribution >= 0.6 is 34.4 Å². The molecule has 1 fully saturated rings. The minimum atomic E-state index is -0.377. The molecular weight excluding hydrogens is 492 g/mol. The van der Waals surface area contributed by atoms with Crippen LogP contribution in [0, 0.1) is 5.92 Å². The Morgan fingerprint density at radius 2 is 1.85 bits per heavy atom. The summed E-state index contributed by atoms with van der Waals surface area (Å²) in [5.74, 6) is 0.164. The van der Waals surface area contributed by atoms with Crippen LogP contribution in [-0.4, -0.2) is 40.3 Å². The van der Waals surface area contributed by atoms with E-state index in [9.17, 15) is 14.4 Å². The zero-order chi connectivity index (χ0) is 23.9. The number of fused-ring (bicyclic) bond motifs is 1. The molecule has 2 aromatic rings. The number of hydrogen-bond donors (Lipinski definition) is 2. The van der Waals surface area contributed by atoms with Gasteiger partial charge in [0, 0.05) is 11.3 Å². The first-order valence-corrected chi connectivity index (χ1v) is 14.5. The van der Waals surface area contributed by atoms with Gasteiger partial charge in [-0.3, -0.25) is 9.59 Å². The topological polar surface area (TPSA) is 110 Å². The molecule has 2 heterocycles. The third kappa shape index (κ3) is 6.57. The molecular formula is C23H30N4O4S3. The van der Waals surface area contributed by atoms with Crippen molar-refractivity contribution in [1.29, 1.82) is 0 Å². The zero-order valence-corrected chi connectivity index (χ0v) is 21.8. The van der Waals surface area contributed by atoms with Gasteiger partial charge in [-0.2, -0.15) is 0 Å². The lowest BCUT2D eigenvalue weighted by molar-refractivity contribution is -0.116. The van der Waals surface area contributed by atoms with Gasteiger partial charge in [0.15, 0.2) is 4.34 Å². The molecule has 0 aromatic carbocycles. The van der Waals surface area contributed by atoms with E-state index < -0.39 is 0 Å². The van der Waals surface area contributed by atoms with Crippen LogP contribution in [0.5, 0.6) is 0 Å². The van der Waals surface area contributed by atoms with Crippen molar-refractivity contribution in [2.24, 2.45) is 5.92 Å². The Hall–Kier alpha value is -1.98. The summed E-state index contributed by atoms with van der Waals surface area (Å²) in [4.78, 5) is 38.4. The van der Waals surface area contributed by atoms with E-state index in [0.717, 1.165) is 36.1 Å². The number of esters is 1. The predicted octanol–water partition coefficient (Wildman–Crippen LogP) is 5.29. The monoisotopic (exact) mass is 522 g/mol. The average molecular weight is 523 g/mol. The average Bonchev–Trinajstić information content (AvgIpc) is 3.53. The fraction of sp³-hybridized carbons (Fsp3) is 0.609. The van der Waals surface area contributed by atoms with Gasteiger partial charge in [-0.15, -0.1) is 21.5 Å². The molecule has 2 amide bonds. The molecule has 11 heteroatoms. The van der Waals surface area contributed by atoms with Crippen molar-refractivity contribution in [3.8, 4) is 0 Å².